The summed E-state index contributed by atoms with van der Waals surface area (Å²) in [5.41, 5.74) is 3.00. The molecule has 1 unspecified atom stereocenters. The Hall–Kier alpha value is -2.66. The summed E-state index contributed by atoms with van der Waals surface area (Å²) in [7, 11) is 0. The fraction of sp³-hybridized carbons (Fsp3) is 0.417. The first kappa shape index (κ1) is 21.1. The van der Waals surface area contributed by atoms with Crippen LogP contribution in [0.3, 0.4) is 0 Å². The van der Waals surface area contributed by atoms with Gasteiger partial charge in [0.25, 0.3) is 0 Å². The molecule has 0 radical (unpaired) electrons. The maximum Gasteiger partial charge on any atom is 0.228 e. The van der Waals surface area contributed by atoms with E-state index < -0.39 is 0 Å². The van der Waals surface area contributed by atoms with Crippen molar-refractivity contribution in [2.75, 3.05) is 18.4 Å². The number of likely N-dealkylation sites (tertiary alicyclic amines) is 1. The molecule has 1 atom stereocenters. The Kier molecular flexibility index (Phi) is 7.42. The minimum Gasteiger partial charge on any atom is -0.354 e. The lowest BCUT2D eigenvalue weighted by Crippen LogP contribution is -2.40. The summed E-state index contributed by atoms with van der Waals surface area (Å²) in [6, 6.07) is 18.1. The number of nitrogens with zero attached hydrogens (tertiary/aromatic N) is 1. The number of benzene rings is 2. The third-order valence-electron chi connectivity index (χ3n) is 5.16. The van der Waals surface area contributed by atoms with Gasteiger partial charge in [-0.1, -0.05) is 42.5 Å². The predicted molar refractivity (Wildman–Crippen MR) is 116 cm³/mol. The highest BCUT2D eigenvalue weighted by molar-refractivity contribution is 5.92. The Labute approximate surface area is 173 Å². The number of hydrogen-bond donors (Lipinski definition) is 2. The van der Waals surface area contributed by atoms with E-state index in [1.54, 1.807) is 0 Å². The quantitative estimate of drug-likeness (QED) is 0.756. The molecule has 0 spiro atoms. The van der Waals surface area contributed by atoms with Crippen LogP contribution in [0.4, 0.5) is 5.69 Å². The van der Waals surface area contributed by atoms with Crippen LogP contribution in [0.25, 0.3) is 0 Å². The van der Waals surface area contributed by atoms with Gasteiger partial charge in [-0.2, -0.15) is 0 Å². The van der Waals surface area contributed by atoms with Gasteiger partial charge in [-0.15, -0.1) is 0 Å². The molecular weight excluding hydrogens is 362 g/mol. The summed E-state index contributed by atoms with van der Waals surface area (Å²) in [5, 5.41) is 5.93. The number of piperidine rings is 1. The molecule has 0 bridgehead atoms. The second-order valence-electron chi connectivity index (χ2n) is 8.15. The van der Waals surface area contributed by atoms with Gasteiger partial charge in [0.2, 0.25) is 11.8 Å². The van der Waals surface area contributed by atoms with E-state index in [9.17, 15) is 9.59 Å². The van der Waals surface area contributed by atoms with Gasteiger partial charge in [0, 0.05) is 24.8 Å². The van der Waals surface area contributed by atoms with E-state index in [0.29, 0.717) is 6.42 Å². The van der Waals surface area contributed by atoms with E-state index in [1.807, 2.05) is 44.2 Å². The van der Waals surface area contributed by atoms with E-state index in [4.69, 9.17) is 0 Å². The molecule has 2 aromatic carbocycles. The van der Waals surface area contributed by atoms with Gasteiger partial charge >= 0.3 is 0 Å². The molecule has 5 nitrogen and oxygen atoms in total. The van der Waals surface area contributed by atoms with Crippen molar-refractivity contribution in [2.45, 2.75) is 45.7 Å². The summed E-state index contributed by atoms with van der Waals surface area (Å²) in [6.45, 7) is 6.60. The summed E-state index contributed by atoms with van der Waals surface area (Å²) >= 11 is 0. The third kappa shape index (κ3) is 6.71. The number of amides is 2. The van der Waals surface area contributed by atoms with Crippen molar-refractivity contribution >= 4 is 17.5 Å². The van der Waals surface area contributed by atoms with Crippen molar-refractivity contribution in [1.29, 1.82) is 0 Å². The molecule has 2 N–H and O–H groups in total. The van der Waals surface area contributed by atoms with E-state index in [0.717, 1.165) is 43.7 Å². The van der Waals surface area contributed by atoms with Gasteiger partial charge in [0.15, 0.2) is 0 Å². The first-order valence-electron chi connectivity index (χ1n) is 10.4. The summed E-state index contributed by atoms with van der Waals surface area (Å²) in [5.74, 6) is 0.0921. The number of carbonyl (C=O) groups excluding carboxylic acids is 2. The van der Waals surface area contributed by atoms with Crippen molar-refractivity contribution in [3.8, 4) is 0 Å². The van der Waals surface area contributed by atoms with Gasteiger partial charge in [-0.05, 0) is 56.5 Å². The molecular formula is C24H31N3O2. The van der Waals surface area contributed by atoms with Gasteiger partial charge < -0.3 is 10.6 Å². The summed E-state index contributed by atoms with van der Waals surface area (Å²) in [4.78, 5) is 27.0. The zero-order valence-electron chi connectivity index (χ0n) is 17.4. The lowest BCUT2D eigenvalue weighted by Gasteiger charge is -2.32. The fourth-order valence-electron chi connectivity index (χ4n) is 3.76. The van der Waals surface area contributed by atoms with Gasteiger partial charge in [-0.3, -0.25) is 14.5 Å². The van der Waals surface area contributed by atoms with Gasteiger partial charge in [0.05, 0.1) is 12.3 Å². The van der Waals surface area contributed by atoms with E-state index in [2.05, 4.69) is 39.8 Å². The highest BCUT2D eigenvalue weighted by Crippen LogP contribution is 2.21. The molecule has 0 aromatic heterocycles. The normalized spacial score (nSPS) is 17.1. The van der Waals surface area contributed by atoms with Crippen molar-refractivity contribution in [1.82, 2.24) is 10.2 Å². The zero-order valence-corrected chi connectivity index (χ0v) is 17.4. The first-order valence-corrected chi connectivity index (χ1v) is 10.4. The van der Waals surface area contributed by atoms with Crippen LogP contribution in [0.1, 0.15) is 37.8 Å². The van der Waals surface area contributed by atoms with E-state index in [1.165, 1.54) is 5.56 Å². The number of rotatable bonds is 7. The Morgan fingerprint density at radius 1 is 1.03 bits per heavy atom. The average Bonchev–Trinajstić information content (AvgIpc) is 2.70. The molecule has 2 amide bonds. The minimum atomic E-state index is 0.00367. The number of anilines is 1. The monoisotopic (exact) mass is 393 g/mol. The molecule has 3 rings (SSSR count). The first-order chi connectivity index (χ1) is 14.0. The Balaban J connectivity index is 1.51. The van der Waals surface area contributed by atoms with Crippen LogP contribution in [-0.2, 0) is 22.6 Å². The third-order valence-corrected chi connectivity index (χ3v) is 5.16. The lowest BCUT2D eigenvalue weighted by atomic mass is 9.96. The zero-order chi connectivity index (χ0) is 20.6. The van der Waals surface area contributed by atoms with Gasteiger partial charge in [0.1, 0.15) is 0 Å². The molecule has 29 heavy (non-hydrogen) atoms. The largest absolute Gasteiger partial charge is 0.354 e. The molecule has 0 aliphatic carbocycles. The standard InChI is InChI=1S/C24H31N3O2/c1-18(2)25-23(28)15-19-10-12-22(13-11-19)26-24(29)21-9-6-14-27(17-21)16-20-7-4-3-5-8-20/h3-5,7-8,10-13,18,21H,6,9,14-17H2,1-2H3,(H,25,28)(H,26,29). The topological polar surface area (TPSA) is 61.4 Å². The molecule has 5 heteroatoms. The van der Waals surface area contributed by atoms with Crippen LogP contribution in [0, 0.1) is 5.92 Å². The predicted octanol–water partition coefficient (Wildman–Crippen LogP) is 3.60. The SMILES string of the molecule is CC(C)NC(=O)Cc1ccc(NC(=O)C2CCCN(Cc3ccccc3)C2)cc1. The number of nitrogens with one attached hydrogen (secondary N) is 2. The van der Waals surface area contributed by atoms with Crippen molar-refractivity contribution in [3.05, 3.63) is 65.7 Å². The molecule has 1 aliphatic rings. The number of hydrogen-bond acceptors (Lipinski definition) is 3. The molecule has 2 aromatic rings. The summed E-state index contributed by atoms with van der Waals surface area (Å²) < 4.78 is 0. The van der Waals surface area contributed by atoms with Crippen molar-refractivity contribution in [2.24, 2.45) is 5.92 Å². The highest BCUT2D eigenvalue weighted by atomic mass is 16.2. The fourth-order valence-corrected chi connectivity index (χ4v) is 3.76. The van der Waals surface area contributed by atoms with Crippen molar-refractivity contribution < 1.29 is 9.59 Å². The Morgan fingerprint density at radius 3 is 2.45 bits per heavy atom. The molecule has 1 saturated heterocycles. The van der Waals surface area contributed by atoms with E-state index in [-0.39, 0.29) is 23.8 Å². The smallest absolute Gasteiger partial charge is 0.228 e. The van der Waals surface area contributed by atoms with Crippen LogP contribution in [0.15, 0.2) is 54.6 Å². The lowest BCUT2D eigenvalue weighted by molar-refractivity contribution is -0.122. The highest BCUT2D eigenvalue weighted by Gasteiger charge is 2.25. The van der Waals surface area contributed by atoms with E-state index >= 15 is 0 Å². The molecule has 154 valence electrons. The maximum atomic E-state index is 12.7. The second-order valence-corrected chi connectivity index (χ2v) is 8.15. The number of carbonyl (C=O) groups is 2. The minimum absolute atomic E-state index is 0.00367. The molecule has 1 aliphatic heterocycles. The van der Waals surface area contributed by atoms with Gasteiger partial charge in [-0.25, -0.2) is 0 Å². The van der Waals surface area contributed by atoms with Crippen LogP contribution in [-0.4, -0.2) is 35.8 Å². The molecule has 0 saturated carbocycles. The summed E-state index contributed by atoms with van der Waals surface area (Å²) in [6.07, 6.45) is 2.31. The maximum absolute atomic E-state index is 12.7. The molecule has 1 heterocycles. The average molecular weight is 394 g/mol. The molecule has 1 fully saturated rings. The van der Waals surface area contributed by atoms with Crippen molar-refractivity contribution in [3.63, 3.8) is 0 Å². The van der Waals surface area contributed by atoms with Crippen LogP contribution in [0.5, 0.6) is 0 Å². The Bertz CT molecular complexity index is 803. The van der Waals surface area contributed by atoms with Crippen LogP contribution >= 0.6 is 0 Å². The Morgan fingerprint density at radius 2 is 1.76 bits per heavy atom. The second kappa shape index (κ2) is 10.2. The van der Waals surface area contributed by atoms with Crippen LogP contribution < -0.4 is 10.6 Å². The van der Waals surface area contributed by atoms with Crippen LogP contribution in [0.2, 0.25) is 0 Å².